The van der Waals surface area contributed by atoms with Crippen molar-refractivity contribution in [2.45, 2.75) is 4.90 Å². The smallest absolute Gasteiger partial charge is 0.243 e. The van der Waals surface area contributed by atoms with E-state index in [2.05, 4.69) is 11.4 Å². The van der Waals surface area contributed by atoms with E-state index < -0.39 is 10.0 Å². The molecule has 1 aromatic carbocycles. The second-order valence-corrected chi connectivity index (χ2v) is 5.33. The number of rotatable bonds is 2. The van der Waals surface area contributed by atoms with E-state index in [-0.39, 0.29) is 0 Å². The van der Waals surface area contributed by atoms with Crippen molar-refractivity contribution in [1.29, 1.82) is 0 Å². The molecular weight excluding hydrogens is 212 g/mol. The minimum atomic E-state index is -3.29. The molecule has 81 valence electrons. The van der Waals surface area contributed by atoms with Crippen LogP contribution >= 0.6 is 0 Å². The first-order valence-electron chi connectivity index (χ1n) is 4.88. The Balaban J connectivity index is 2.26. The van der Waals surface area contributed by atoms with E-state index in [1.807, 2.05) is 0 Å². The van der Waals surface area contributed by atoms with E-state index in [0.717, 1.165) is 13.1 Å². The number of nitrogens with zero attached hydrogens (tertiary/aromatic N) is 1. The van der Waals surface area contributed by atoms with Gasteiger partial charge in [-0.3, -0.25) is 0 Å². The highest BCUT2D eigenvalue weighted by Gasteiger charge is 2.25. The van der Waals surface area contributed by atoms with Crippen LogP contribution in [-0.4, -0.2) is 38.9 Å². The molecule has 1 aliphatic rings. The van der Waals surface area contributed by atoms with Crippen LogP contribution < -0.4 is 5.32 Å². The summed E-state index contributed by atoms with van der Waals surface area (Å²) < 4.78 is 25.7. The Kier molecular flexibility index (Phi) is 3.04. The number of piperazine rings is 1. The summed E-state index contributed by atoms with van der Waals surface area (Å²) in [5, 5.41) is 3.13. The van der Waals surface area contributed by atoms with Crippen LogP contribution in [0.25, 0.3) is 0 Å². The van der Waals surface area contributed by atoms with Gasteiger partial charge in [-0.2, -0.15) is 4.31 Å². The Hall–Kier alpha value is -0.910. The van der Waals surface area contributed by atoms with Crippen molar-refractivity contribution in [3.63, 3.8) is 0 Å². The Morgan fingerprint density at radius 2 is 1.80 bits per heavy atom. The minimum absolute atomic E-state index is 0.350. The number of nitrogens with one attached hydrogen (secondary N) is 1. The van der Waals surface area contributed by atoms with Crippen LogP contribution in [0.1, 0.15) is 0 Å². The second-order valence-electron chi connectivity index (χ2n) is 3.39. The summed E-state index contributed by atoms with van der Waals surface area (Å²) in [4.78, 5) is 0.350. The summed E-state index contributed by atoms with van der Waals surface area (Å²) in [6.45, 7) is 2.53. The lowest BCUT2D eigenvalue weighted by Gasteiger charge is -2.26. The fourth-order valence-corrected chi connectivity index (χ4v) is 3.02. The van der Waals surface area contributed by atoms with Gasteiger partial charge >= 0.3 is 0 Å². The average molecular weight is 225 g/mol. The largest absolute Gasteiger partial charge is 0.314 e. The first kappa shape index (κ1) is 10.6. The summed E-state index contributed by atoms with van der Waals surface area (Å²) in [7, 11) is -3.29. The maximum absolute atomic E-state index is 12.1. The predicted octanol–water partition coefficient (Wildman–Crippen LogP) is 0.0807. The molecule has 0 bridgehead atoms. The van der Waals surface area contributed by atoms with Gasteiger partial charge < -0.3 is 5.32 Å². The molecule has 0 atom stereocenters. The van der Waals surface area contributed by atoms with Crippen LogP contribution in [0.15, 0.2) is 29.2 Å². The maximum atomic E-state index is 12.1. The van der Waals surface area contributed by atoms with Gasteiger partial charge in [0.2, 0.25) is 10.0 Å². The zero-order chi connectivity index (χ0) is 10.7. The molecular formula is C10H13N2O2S. The van der Waals surface area contributed by atoms with Crippen LogP contribution in [0.4, 0.5) is 0 Å². The van der Waals surface area contributed by atoms with Crippen molar-refractivity contribution < 1.29 is 8.42 Å². The third-order valence-corrected chi connectivity index (χ3v) is 4.31. The molecule has 4 nitrogen and oxygen atoms in total. The molecule has 0 saturated carbocycles. The molecule has 1 radical (unpaired) electrons. The molecule has 1 aliphatic heterocycles. The molecule has 0 amide bonds. The fourth-order valence-electron chi connectivity index (χ4n) is 1.58. The molecule has 15 heavy (non-hydrogen) atoms. The Morgan fingerprint density at radius 1 is 1.20 bits per heavy atom. The molecule has 2 rings (SSSR count). The Bertz CT molecular complexity index is 410. The number of hydrogen-bond donors (Lipinski definition) is 1. The van der Waals surface area contributed by atoms with Crippen molar-refractivity contribution >= 4 is 10.0 Å². The lowest BCUT2D eigenvalue weighted by atomic mass is 10.4. The Labute approximate surface area is 90.0 Å². The van der Waals surface area contributed by atoms with Crippen molar-refractivity contribution in [1.82, 2.24) is 9.62 Å². The molecule has 1 saturated heterocycles. The van der Waals surface area contributed by atoms with Gasteiger partial charge in [0.05, 0.1) is 4.90 Å². The molecule has 1 fully saturated rings. The summed E-state index contributed by atoms with van der Waals surface area (Å²) in [5.74, 6) is 0. The molecule has 1 N–H and O–H groups in total. The third kappa shape index (κ3) is 2.19. The van der Waals surface area contributed by atoms with Crippen LogP contribution in [-0.2, 0) is 10.0 Å². The summed E-state index contributed by atoms with van der Waals surface area (Å²) >= 11 is 0. The van der Waals surface area contributed by atoms with E-state index >= 15 is 0 Å². The lowest BCUT2D eigenvalue weighted by molar-refractivity contribution is 0.360. The second kappa shape index (κ2) is 4.30. The van der Waals surface area contributed by atoms with E-state index in [4.69, 9.17) is 0 Å². The van der Waals surface area contributed by atoms with E-state index in [9.17, 15) is 8.42 Å². The SMILES string of the molecule is O=S(=O)(c1cc[c]cc1)N1CCNCC1. The van der Waals surface area contributed by atoms with Crippen molar-refractivity contribution in [3.8, 4) is 0 Å². The zero-order valence-corrected chi connectivity index (χ0v) is 9.13. The molecule has 0 unspecified atom stereocenters. The number of hydrogen-bond acceptors (Lipinski definition) is 3. The van der Waals surface area contributed by atoms with Gasteiger partial charge in [-0.15, -0.1) is 0 Å². The fraction of sp³-hybridized carbons (Fsp3) is 0.400. The summed E-state index contributed by atoms with van der Waals surface area (Å²) in [6.07, 6.45) is 0. The van der Waals surface area contributed by atoms with E-state index in [0.29, 0.717) is 18.0 Å². The van der Waals surface area contributed by atoms with Gasteiger partial charge in [0, 0.05) is 26.2 Å². The van der Waals surface area contributed by atoms with Gasteiger partial charge in [-0.1, -0.05) is 12.1 Å². The molecule has 0 spiro atoms. The highest BCUT2D eigenvalue weighted by Crippen LogP contribution is 2.14. The van der Waals surface area contributed by atoms with Crippen LogP contribution in [0.5, 0.6) is 0 Å². The molecule has 1 heterocycles. The van der Waals surface area contributed by atoms with Crippen molar-refractivity contribution in [3.05, 3.63) is 30.3 Å². The van der Waals surface area contributed by atoms with Gasteiger partial charge in [0.1, 0.15) is 0 Å². The minimum Gasteiger partial charge on any atom is -0.314 e. The summed E-state index contributed by atoms with van der Waals surface area (Å²) in [6, 6.07) is 9.21. The number of benzene rings is 1. The maximum Gasteiger partial charge on any atom is 0.243 e. The standard InChI is InChI=1S/C10H13N2O2S/c13-15(14,10-4-2-1-3-5-10)12-8-6-11-7-9-12/h2-5,11H,6-9H2. The van der Waals surface area contributed by atoms with Crippen molar-refractivity contribution in [2.75, 3.05) is 26.2 Å². The van der Waals surface area contributed by atoms with Crippen LogP contribution in [0, 0.1) is 6.07 Å². The zero-order valence-electron chi connectivity index (χ0n) is 8.31. The molecule has 1 aromatic rings. The van der Waals surface area contributed by atoms with E-state index in [1.165, 1.54) is 4.31 Å². The highest BCUT2D eigenvalue weighted by atomic mass is 32.2. The van der Waals surface area contributed by atoms with Gasteiger partial charge in [0.25, 0.3) is 0 Å². The van der Waals surface area contributed by atoms with Crippen molar-refractivity contribution in [2.24, 2.45) is 0 Å². The van der Waals surface area contributed by atoms with Gasteiger partial charge in [-0.25, -0.2) is 8.42 Å². The first-order valence-corrected chi connectivity index (χ1v) is 6.32. The van der Waals surface area contributed by atoms with Gasteiger partial charge in [0.15, 0.2) is 0 Å². The first-order chi connectivity index (χ1) is 7.21. The predicted molar refractivity (Wildman–Crippen MR) is 56.9 cm³/mol. The van der Waals surface area contributed by atoms with Crippen LogP contribution in [0.2, 0.25) is 0 Å². The van der Waals surface area contributed by atoms with Gasteiger partial charge in [-0.05, 0) is 18.2 Å². The molecule has 5 heteroatoms. The highest BCUT2D eigenvalue weighted by molar-refractivity contribution is 7.89. The monoisotopic (exact) mass is 225 g/mol. The molecule has 0 aliphatic carbocycles. The average Bonchev–Trinajstić information content (AvgIpc) is 2.31. The Morgan fingerprint density at radius 3 is 2.40 bits per heavy atom. The number of sulfonamides is 1. The summed E-state index contributed by atoms with van der Waals surface area (Å²) in [5.41, 5.74) is 0. The normalized spacial score (nSPS) is 18.9. The molecule has 0 aromatic heterocycles. The topological polar surface area (TPSA) is 49.4 Å². The quantitative estimate of drug-likeness (QED) is 0.775. The van der Waals surface area contributed by atoms with Crippen LogP contribution in [0.3, 0.4) is 0 Å². The van der Waals surface area contributed by atoms with E-state index in [1.54, 1.807) is 24.3 Å². The third-order valence-electron chi connectivity index (χ3n) is 2.40. The lowest BCUT2D eigenvalue weighted by Crippen LogP contribution is -2.46.